The van der Waals surface area contributed by atoms with Gasteiger partial charge in [-0.25, -0.2) is 18.6 Å². The van der Waals surface area contributed by atoms with E-state index >= 15 is 0 Å². The summed E-state index contributed by atoms with van der Waals surface area (Å²) in [6.45, 7) is 1.73. The minimum atomic E-state index is -0.947. The first-order valence-corrected chi connectivity index (χ1v) is 7.18. The van der Waals surface area contributed by atoms with Gasteiger partial charge in [-0.15, -0.1) is 0 Å². The number of benzene rings is 1. The van der Waals surface area contributed by atoms with Gasteiger partial charge in [0.25, 0.3) is 0 Å². The van der Waals surface area contributed by atoms with Crippen LogP contribution in [0.5, 0.6) is 0 Å². The Balaban J connectivity index is 2.55. The second-order valence-electron chi connectivity index (χ2n) is 4.43. The fraction of sp³-hybridized carbons (Fsp3) is 0.200. The van der Waals surface area contributed by atoms with Crippen LogP contribution in [0.2, 0.25) is 0 Å². The van der Waals surface area contributed by atoms with E-state index in [9.17, 15) is 13.6 Å². The first kappa shape index (κ1) is 16.1. The zero-order valence-electron chi connectivity index (χ0n) is 12.2. The molecule has 7 heteroatoms. The molecular formula is C15H14F2N2O2S. The monoisotopic (exact) mass is 324 g/mol. The van der Waals surface area contributed by atoms with E-state index in [1.807, 2.05) is 0 Å². The molecule has 0 radical (unpaired) electrons. The van der Waals surface area contributed by atoms with E-state index in [4.69, 9.17) is 0 Å². The number of carbonyl (C=O) groups is 1. The summed E-state index contributed by atoms with van der Waals surface area (Å²) in [5.74, 6) is -2.36. The Hall–Kier alpha value is -2.28. The van der Waals surface area contributed by atoms with E-state index < -0.39 is 17.6 Å². The number of carbonyl (C=O) groups excluding carboxylic acids is 1. The zero-order valence-corrected chi connectivity index (χ0v) is 13.1. The number of hydrogen-bond acceptors (Lipinski definition) is 5. The summed E-state index contributed by atoms with van der Waals surface area (Å²) < 4.78 is 31.1. The topological polar surface area (TPSA) is 51.2 Å². The number of methoxy groups -OCH3 is 1. The molecule has 1 heterocycles. The Bertz CT molecular complexity index is 741. The molecule has 0 bridgehead atoms. The van der Waals surface area contributed by atoms with Crippen molar-refractivity contribution in [2.24, 2.45) is 0 Å². The van der Waals surface area contributed by atoms with E-state index in [-0.39, 0.29) is 0 Å². The molecule has 0 aliphatic carbocycles. The minimum absolute atomic E-state index is 0.435. The quantitative estimate of drug-likeness (QED) is 0.688. The van der Waals surface area contributed by atoms with Crippen molar-refractivity contribution in [1.29, 1.82) is 0 Å². The molecule has 1 aromatic heterocycles. The maximum absolute atomic E-state index is 13.4. The molecule has 22 heavy (non-hydrogen) atoms. The van der Waals surface area contributed by atoms with E-state index in [0.717, 1.165) is 12.1 Å². The fourth-order valence-electron chi connectivity index (χ4n) is 1.83. The van der Waals surface area contributed by atoms with Crippen molar-refractivity contribution in [3.8, 4) is 11.3 Å². The lowest BCUT2D eigenvalue weighted by molar-refractivity contribution is -0.134. The predicted molar refractivity (Wildman–Crippen MR) is 82.7 cm³/mol. The second kappa shape index (κ2) is 6.65. The molecule has 0 unspecified atom stereocenters. The summed E-state index contributed by atoms with van der Waals surface area (Å²) in [6.07, 6.45) is 1.33. The highest BCUT2D eigenvalue weighted by Crippen LogP contribution is 2.36. The highest BCUT2D eigenvalue weighted by atomic mass is 32.1. The molecule has 0 saturated heterocycles. The van der Waals surface area contributed by atoms with Gasteiger partial charge in [0.05, 0.1) is 17.7 Å². The molecule has 2 rings (SSSR count). The summed E-state index contributed by atoms with van der Waals surface area (Å²) >= 11 is 1.31. The largest absolute Gasteiger partial charge is 0.466 e. The third-order valence-electron chi connectivity index (χ3n) is 2.93. The van der Waals surface area contributed by atoms with Crippen molar-refractivity contribution in [1.82, 2.24) is 4.98 Å². The number of nitrogens with zero attached hydrogens (tertiary/aromatic N) is 1. The van der Waals surface area contributed by atoms with Gasteiger partial charge in [0.1, 0.15) is 0 Å². The Labute approximate surface area is 130 Å². The van der Waals surface area contributed by atoms with Crippen molar-refractivity contribution < 1.29 is 18.3 Å². The number of ether oxygens (including phenoxy) is 1. The second-order valence-corrected chi connectivity index (χ2v) is 5.43. The van der Waals surface area contributed by atoms with Crippen molar-refractivity contribution in [3.05, 3.63) is 40.8 Å². The summed E-state index contributed by atoms with van der Waals surface area (Å²) in [5.41, 5.74) is 1.54. The van der Waals surface area contributed by atoms with E-state index in [1.165, 1.54) is 30.6 Å². The van der Waals surface area contributed by atoms with Gasteiger partial charge >= 0.3 is 5.97 Å². The molecule has 0 aliphatic rings. The number of nitrogens with one attached hydrogen (secondary N) is 1. The number of halogens is 2. The zero-order chi connectivity index (χ0) is 16.3. The first-order chi connectivity index (χ1) is 10.5. The van der Waals surface area contributed by atoms with Crippen LogP contribution in [-0.4, -0.2) is 25.1 Å². The Kier molecular flexibility index (Phi) is 4.87. The van der Waals surface area contributed by atoms with Gasteiger partial charge in [-0.2, -0.15) is 0 Å². The van der Waals surface area contributed by atoms with E-state index in [2.05, 4.69) is 15.0 Å². The Morgan fingerprint density at radius 3 is 2.68 bits per heavy atom. The summed E-state index contributed by atoms with van der Waals surface area (Å²) in [4.78, 5) is 16.4. The van der Waals surface area contributed by atoms with Gasteiger partial charge in [-0.05, 0) is 30.7 Å². The number of thiazole rings is 1. The van der Waals surface area contributed by atoms with E-state index in [0.29, 0.717) is 26.8 Å². The smallest absolute Gasteiger partial charge is 0.330 e. The molecule has 2 aromatic rings. The summed E-state index contributed by atoms with van der Waals surface area (Å²) in [6, 6.07) is 3.58. The van der Waals surface area contributed by atoms with Gasteiger partial charge in [0, 0.05) is 18.7 Å². The van der Waals surface area contributed by atoms with Crippen LogP contribution in [0.25, 0.3) is 16.8 Å². The molecule has 0 spiro atoms. The average Bonchev–Trinajstić information content (AvgIpc) is 2.94. The van der Waals surface area contributed by atoms with Gasteiger partial charge in [-0.1, -0.05) is 11.3 Å². The van der Waals surface area contributed by atoms with Crippen molar-refractivity contribution in [3.63, 3.8) is 0 Å². The van der Waals surface area contributed by atoms with Crippen molar-refractivity contribution in [2.75, 3.05) is 19.5 Å². The maximum Gasteiger partial charge on any atom is 0.330 e. The highest BCUT2D eigenvalue weighted by Gasteiger charge is 2.16. The molecular weight excluding hydrogens is 310 g/mol. The molecule has 0 aliphatic heterocycles. The lowest BCUT2D eigenvalue weighted by Crippen LogP contribution is -1.96. The number of rotatable bonds is 4. The molecule has 0 fully saturated rings. The average molecular weight is 324 g/mol. The first-order valence-electron chi connectivity index (χ1n) is 6.37. The van der Waals surface area contributed by atoms with Gasteiger partial charge in [0.15, 0.2) is 16.8 Å². The molecule has 0 atom stereocenters. The van der Waals surface area contributed by atoms with Gasteiger partial charge in [-0.3, -0.25) is 0 Å². The molecule has 116 valence electrons. The number of hydrogen-bond donors (Lipinski definition) is 1. The van der Waals surface area contributed by atoms with Crippen LogP contribution >= 0.6 is 11.3 Å². The lowest BCUT2D eigenvalue weighted by Gasteiger charge is -2.03. The van der Waals surface area contributed by atoms with Crippen LogP contribution in [-0.2, 0) is 9.53 Å². The normalized spacial score (nSPS) is 11.4. The van der Waals surface area contributed by atoms with Crippen LogP contribution < -0.4 is 5.32 Å². The van der Waals surface area contributed by atoms with Gasteiger partial charge < -0.3 is 10.1 Å². The van der Waals surface area contributed by atoms with Crippen molar-refractivity contribution in [2.45, 2.75) is 6.92 Å². The molecule has 4 nitrogen and oxygen atoms in total. The number of esters is 1. The summed E-state index contributed by atoms with van der Waals surface area (Å²) in [5, 5.41) is 3.51. The third-order valence-corrected chi connectivity index (χ3v) is 4.14. The van der Waals surface area contributed by atoms with Crippen molar-refractivity contribution >= 4 is 28.0 Å². The maximum atomic E-state index is 13.4. The Morgan fingerprint density at radius 1 is 1.36 bits per heavy atom. The van der Waals surface area contributed by atoms with Crippen LogP contribution in [0.3, 0.4) is 0 Å². The number of anilines is 1. The standard InChI is InChI=1S/C15H14F2N2O2S/c1-8(6-12(20)21-3)14-13(19-15(18-2)22-14)9-4-5-10(16)11(17)7-9/h4-7H,1-3H3,(H,18,19)/b8-6+. The minimum Gasteiger partial charge on any atom is -0.466 e. The molecule has 1 N–H and O–H groups in total. The summed E-state index contributed by atoms with van der Waals surface area (Å²) in [7, 11) is 2.99. The molecule has 1 aromatic carbocycles. The van der Waals surface area contributed by atoms with Gasteiger partial charge in [0.2, 0.25) is 0 Å². The third kappa shape index (κ3) is 3.30. The predicted octanol–water partition coefficient (Wildman–Crippen LogP) is 3.71. The number of allylic oxidation sites excluding steroid dienone is 1. The Morgan fingerprint density at radius 2 is 2.09 bits per heavy atom. The molecule has 0 amide bonds. The SMILES string of the molecule is CNc1nc(-c2ccc(F)c(F)c2)c(/C(C)=C/C(=O)OC)s1. The van der Waals surface area contributed by atoms with Crippen LogP contribution in [0.4, 0.5) is 13.9 Å². The van der Waals surface area contributed by atoms with Crippen LogP contribution in [0.15, 0.2) is 24.3 Å². The lowest BCUT2D eigenvalue weighted by atomic mass is 10.1. The highest BCUT2D eigenvalue weighted by molar-refractivity contribution is 7.17. The molecule has 0 saturated carbocycles. The van der Waals surface area contributed by atoms with E-state index in [1.54, 1.807) is 14.0 Å². The van der Waals surface area contributed by atoms with Crippen LogP contribution in [0.1, 0.15) is 11.8 Å². The fourth-order valence-corrected chi connectivity index (χ4v) is 2.75. The number of aromatic nitrogens is 1. The van der Waals surface area contributed by atoms with Crippen LogP contribution in [0, 0.1) is 11.6 Å².